The summed E-state index contributed by atoms with van der Waals surface area (Å²) in [7, 11) is 0. The number of hydrogen-bond donors (Lipinski definition) is 1. The van der Waals surface area contributed by atoms with Crippen molar-refractivity contribution in [2.24, 2.45) is 11.8 Å². The highest BCUT2D eigenvalue weighted by molar-refractivity contribution is 6.09. The maximum absolute atomic E-state index is 11.4. The normalized spacial score (nSPS) is 13.7. The molecule has 0 aliphatic heterocycles. The summed E-state index contributed by atoms with van der Waals surface area (Å²) in [6.45, 7) is 3.62. The van der Waals surface area contributed by atoms with Gasteiger partial charge in [0.25, 0.3) is 0 Å². The standard InChI is InChI=1S/C10H14O6/c1-4-16-10(15)8(6(3)12)7(5(2)11)9(13)14/h7-8H,4H2,1-3H3,(H,13,14). The lowest BCUT2D eigenvalue weighted by molar-refractivity contribution is -0.163. The van der Waals surface area contributed by atoms with Crippen molar-refractivity contribution in [1.82, 2.24) is 0 Å². The van der Waals surface area contributed by atoms with Crippen molar-refractivity contribution in [2.45, 2.75) is 20.8 Å². The zero-order valence-corrected chi connectivity index (χ0v) is 9.35. The fourth-order valence-electron chi connectivity index (χ4n) is 1.32. The Kier molecular flexibility index (Phi) is 5.35. The third kappa shape index (κ3) is 3.45. The molecule has 0 aliphatic carbocycles. The van der Waals surface area contributed by atoms with Gasteiger partial charge in [-0.3, -0.25) is 19.2 Å². The van der Waals surface area contributed by atoms with Crippen LogP contribution in [0.4, 0.5) is 0 Å². The number of carboxylic acids is 1. The average Bonchev–Trinajstić information content (AvgIpc) is 2.11. The van der Waals surface area contributed by atoms with Gasteiger partial charge in [0.2, 0.25) is 0 Å². The summed E-state index contributed by atoms with van der Waals surface area (Å²) in [4.78, 5) is 44.5. The van der Waals surface area contributed by atoms with Crippen molar-refractivity contribution in [3.8, 4) is 0 Å². The summed E-state index contributed by atoms with van der Waals surface area (Å²) in [6.07, 6.45) is 0. The molecule has 0 fully saturated rings. The number of ether oxygens (including phenoxy) is 1. The Bertz CT molecular complexity index is 305. The maximum Gasteiger partial charge on any atom is 0.317 e. The topological polar surface area (TPSA) is 97.7 Å². The van der Waals surface area contributed by atoms with Crippen LogP contribution in [0.2, 0.25) is 0 Å². The predicted molar refractivity (Wildman–Crippen MR) is 52.6 cm³/mol. The first-order chi connectivity index (χ1) is 7.32. The van der Waals surface area contributed by atoms with Gasteiger partial charge >= 0.3 is 11.9 Å². The molecule has 6 heteroatoms. The molecule has 0 aromatic rings. The van der Waals surface area contributed by atoms with Gasteiger partial charge in [0.1, 0.15) is 23.4 Å². The first-order valence-electron chi connectivity index (χ1n) is 4.73. The molecule has 0 aromatic heterocycles. The number of esters is 1. The molecule has 0 aliphatic rings. The summed E-state index contributed by atoms with van der Waals surface area (Å²) in [5.41, 5.74) is 0. The van der Waals surface area contributed by atoms with Crippen molar-refractivity contribution in [2.75, 3.05) is 6.61 Å². The molecule has 0 radical (unpaired) electrons. The number of rotatable bonds is 6. The molecular weight excluding hydrogens is 216 g/mol. The van der Waals surface area contributed by atoms with Crippen LogP contribution in [0.3, 0.4) is 0 Å². The summed E-state index contributed by atoms with van der Waals surface area (Å²) in [6, 6.07) is 0. The van der Waals surface area contributed by atoms with E-state index in [-0.39, 0.29) is 6.61 Å². The van der Waals surface area contributed by atoms with Gasteiger partial charge in [0.15, 0.2) is 0 Å². The number of aliphatic carboxylic acids is 1. The lowest BCUT2D eigenvalue weighted by atomic mass is 9.86. The number of carboxylic acid groups (broad SMARTS) is 1. The van der Waals surface area contributed by atoms with E-state index in [2.05, 4.69) is 4.74 Å². The lowest BCUT2D eigenvalue weighted by Crippen LogP contribution is -2.39. The molecule has 0 aromatic carbocycles. The van der Waals surface area contributed by atoms with Crippen LogP contribution in [-0.4, -0.2) is 35.2 Å². The van der Waals surface area contributed by atoms with Crippen LogP contribution in [0.1, 0.15) is 20.8 Å². The molecular formula is C10H14O6. The van der Waals surface area contributed by atoms with E-state index in [9.17, 15) is 19.2 Å². The minimum absolute atomic E-state index is 0.0207. The van der Waals surface area contributed by atoms with E-state index < -0.39 is 35.3 Å². The molecule has 2 unspecified atom stereocenters. The highest BCUT2D eigenvalue weighted by atomic mass is 16.5. The molecule has 6 nitrogen and oxygen atoms in total. The van der Waals surface area contributed by atoms with E-state index in [1.807, 2.05) is 0 Å². The Labute approximate surface area is 92.6 Å². The summed E-state index contributed by atoms with van der Waals surface area (Å²) >= 11 is 0. The van der Waals surface area contributed by atoms with Crippen LogP contribution >= 0.6 is 0 Å². The molecule has 0 rings (SSSR count). The average molecular weight is 230 g/mol. The van der Waals surface area contributed by atoms with Crippen molar-refractivity contribution in [1.29, 1.82) is 0 Å². The minimum Gasteiger partial charge on any atom is -0.481 e. The minimum atomic E-state index is -1.67. The molecule has 0 spiro atoms. The van der Waals surface area contributed by atoms with Gasteiger partial charge in [-0.1, -0.05) is 0 Å². The largest absolute Gasteiger partial charge is 0.481 e. The number of carbonyl (C=O) groups is 4. The molecule has 1 N–H and O–H groups in total. The smallest absolute Gasteiger partial charge is 0.317 e. The molecule has 0 heterocycles. The van der Waals surface area contributed by atoms with E-state index in [1.165, 1.54) is 6.92 Å². The third-order valence-corrected chi connectivity index (χ3v) is 2.02. The number of hydrogen-bond acceptors (Lipinski definition) is 5. The molecule has 0 amide bonds. The van der Waals surface area contributed by atoms with Gasteiger partial charge in [-0.05, 0) is 20.8 Å². The van der Waals surface area contributed by atoms with Crippen LogP contribution in [0.25, 0.3) is 0 Å². The first-order valence-corrected chi connectivity index (χ1v) is 4.73. The Morgan fingerprint density at radius 3 is 1.75 bits per heavy atom. The quantitative estimate of drug-likeness (QED) is 0.511. The van der Waals surface area contributed by atoms with Crippen LogP contribution in [-0.2, 0) is 23.9 Å². The van der Waals surface area contributed by atoms with Crippen molar-refractivity contribution in [3.63, 3.8) is 0 Å². The molecule has 0 bridgehead atoms. The molecule has 90 valence electrons. The second-order valence-electron chi connectivity index (χ2n) is 3.27. The summed E-state index contributed by atoms with van der Waals surface area (Å²) in [5.74, 6) is -7.15. The van der Waals surface area contributed by atoms with E-state index in [1.54, 1.807) is 0 Å². The zero-order chi connectivity index (χ0) is 12.9. The Morgan fingerprint density at radius 1 is 1.06 bits per heavy atom. The van der Waals surface area contributed by atoms with Gasteiger partial charge in [-0.2, -0.15) is 0 Å². The maximum atomic E-state index is 11.4. The molecule has 16 heavy (non-hydrogen) atoms. The van der Waals surface area contributed by atoms with Gasteiger partial charge in [-0.25, -0.2) is 0 Å². The summed E-state index contributed by atoms with van der Waals surface area (Å²) < 4.78 is 4.57. The van der Waals surface area contributed by atoms with Gasteiger partial charge in [0, 0.05) is 0 Å². The van der Waals surface area contributed by atoms with Crippen molar-refractivity contribution < 1.29 is 29.0 Å². The monoisotopic (exact) mass is 230 g/mol. The molecule has 2 atom stereocenters. The Balaban J connectivity index is 5.16. The number of Topliss-reactive ketones (excluding diaryl/α,β-unsaturated/α-hetero) is 2. The second-order valence-corrected chi connectivity index (χ2v) is 3.27. The SMILES string of the molecule is CCOC(=O)C(C(C)=O)C(C(C)=O)C(=O)O. The number of ketones is 2. The lowest BCUT2D eigenvalue weighted by Gasteiger charge is -2.17. The Hall–Kier alpha value is -1.72. The van der Waals surface area contributed by atoms with E-state index >= 15 is 0 Å². The number of carbonyl (C=O) groups excluding carboxylic acids is 3. The van der Waals surface area contributed by atoms with Crippen molar-refractivity contribution in [3.05, 3.63) is 0 Å². The van der Waals surface area contributed by atoms with Crippen LogP contribution in [0.5, 0.6) is 0 Å². The molecule has 0 saturated heterocycles. The van der Waals surface area contributed by atoms with Crippen LogP contribution in [0, 0.1) is 11.8 Å². The predicted octanol–water partition coefficient (Wildman–Crippen LogP) is 0.0445. The fraction of sp³-hybridized carbons (Fsp3) is 0.600. The second kappa shape index (κ2) is 5.99. The first kappa shape index (κ1) is 14.3. The summed E-state index contributed by atoms with van der Waals surface area (Å²) in [5, 5.41) is 8.80. The van der Waals surface area contributed by atoms with E-state index in [0.29, 0.717) is 0 Å². The van der Waals surface area contributed by atoms with E-state index in [0.717, 1.165) is 13.8 Å². The van der Waals surface area contributed by atoms with Crippen molar-refractivity contribution >= 4 is 23.5 Å². The Morgan fingerprint density at radius 2 is 1.50 bits per heavy atom. The third-order valence-electron chi connectivity index (χ3n) is 2.02. The fourth-order valence-corrected chi connectivity index (χ4v) is 1.32. The van der Waals surface area contributed by atoms with Gasteiger partial charge in [-0.15, -0.1) is 0 Å². The van der Waals surface area contributed by atoms with Gasteiger partial charge < -0.3 is 9.84 Å². The van der Waals surface area contributed by atoms with Gasteiger partial charge in [0.05, 0.1) is 6.61 Å². The molecule has 0 saturated carbocycles. The zero-order valence-electron chi connectivity index (χ0n) is 9.35. The van der Waals surface area contributed by atoms with E-state index in [4.69, 9.17) is 5.11 Å². The van der Waals surface area contributed by atoms with Crippen LogP contribution in [0.15, 0.2) is 0 Å². The van der Waals surface area contributed by atoms with Crippen LogP contribution < -0.4 is 0 Å². The highest BCUT2D eigenvalue weighted by Crippen LogP contribution is 2.17. The highest BCUT2D eigenvalue weighted by Gasteiger charge is 2.41.